The molecule has 0 aromatic carbocycles. The molecule has 0 amide bonds. The van der Waals surface area contributed by atoms with Crippen LogP contribution in [0.5, 0.6) is 0 Å². The maximum Gasteiger partial charge on any atom is 0.0103 e. The van der Waals surface area contributed by atoms with Gasteiger partial charge in [0.2, 0.25) is 0 Å². The van der Waals surface area contributed by atoms with Crippen molar-refractivity contribution in [1.82, 2.24) is 5.32 Å². The van der Waals surface area contributed by atoms with Crippen LogP contribution in [0.2, 0.25) is 0 Å². The summed E-state index contributed by atoms with van der Waals surface area (Å²) in [4.78, 5) is 0. The highest BCUT2D eigenvalue weighted by molar-refractivity contribution is 4.92. The first kappa shape index (κ1) is 12.4. The minimum absolute atomic E-state index is 0.474. The molecule has 0 spiro atoms. The summed E-state index contributed by atoms with van der Waals surface area (Å²) in [5, 5.41) is 3.94. The van der Waals surface area contributed by atoms with E-state index in [4.69, 9.17) is 0 Å². The molecular weight excluding hydrogens is 194 g/mol. The van der Waals surface area contributed by atoms with Gasteiger partial charge in [-0.1, -0.05) is 33.6 Å². The molecular formula is C15H29N. The molecule has 0 aliphatic heterocycles. The number of hydrogen-bond acceptors (Lipinski definition) is 1. The van der Waals surface area contributed by atoms with Gasteiger partial charge in [0, 0.05) is 12.1 Å². The largest absolute Gasteiger partial charge is 0.311 e. The fraction of sp³-hybridized carbons (Fsp3) is 1.00. The highest BCUT2D eigenvalue weighted by Gasteiger charge is 2.36. The SMILES string of the molecule is CC(NC1CCCCC1C(C)(C)C)C1CC1. The predicted octanol–water partition coefficient (Wildman–Crippen LogP) is 3.98. The maximum atomic E-state index is 3.94. The molecule has 1 N–H and O–H groups in total. The number of rotatable bonds is 3. The standard InChI is InChI=1S/C15H29N/c1-11(12-9-10-12)16-14-8-6-5-7-13(14)15(2,3)4/h11-14,16H,5-10H2,1-4H3. The molecule has 0 aromatic rings. The normalized spacial score (nSPS) is 33.8. The third-order valence-corrected chi connectivity index (χ3v) is 4.68. The van der Waals surface area contributed by atoms with Crippen molar-refractivity contribution in [3.63, 3.8) is 0 Å². The lowest BCUT2D eigenvalue weighted by Gasteiger charge is -2.42. The number of hydrogen-bond donors (Lipinski definition) is 1. The smallest absolute Gasteiger partial charge is 0.0103 e. The zero-order valence-corrected chi connectivity index (χ0v) is 11.6. The fourth-order valence-corrected chi connectivity index (χ4v) is 3.44. The Kier molecular flexibility index (Phi) is 3.63. The minimum Gasteiger partial charge on any atom is -0.311 e. The summed E-state index contributed by atoms with van der Waals surface area (Å²) in [7, 11) is 0. The lowest BCUT2D eigenvalue weighted by atomic mass is 9.69. The quantitative estimate of drug-likeness (QED) is 0.763. The second-order valence-corrected chi connectivity index (χ2v) is 7.16. The molecule has 0 bridgehead atoms. The van der Waals surface area contributed by atoms with Crippen molar-refractivity contribution in [2.75, 3.05) is 0 Å². The van der Waals surface area contributed by atoms with Crippen LogP contribution in [0.25, 0.3) is 0 Å². The summed E-state index contributed by atoms with van der Waals surface area (Å²) < 4.78 is 0. The summed E-state index contributed by atoms with van der Waals surface area (Å²) in [5.74, 6) is 1.87. The van der Waals surface area contributed by atoms with Crippen molar-refractivity contribution in [2.24, 2.45) is 17.3 Å². The van der Waals surface area contributed by atoms with Crippen LogP contribution in [-0.4, -0.2) is 12.1 Å². The second kappa shape index (κ2) is 4.68. The Morgan fingerprint density at radius 3 is 2.19 bits per heavy atom. The first-order valence-electron chi connectivity index (χ1n) is 7.24. The van der Waals surface area contributed by atoms with E-state index in [1.807, 2.05) is 0 Å². The molecule has 3 atom stereocenters. The van der Waals surface area contributed by atoms with Gasteiger partial charge in [-0.2, -0.15) is 0 Å². The van der Waals surface area contributed by atoms with Gasteiger partial charge in [0.15, 0.2) is 0 Å². The number of nitrogens with one attached hydrogen (secondary N) is 1. The fourth-order valence-electron chi connectivity index (χ4n) is 3.44. The summed E-state index contributed by atoms with van der Waals surface area (Å²) in [5.41, 5.74) is 0.474. The van der Waals surface area contributed by atoms with Crippen LogP contribution < -0.4 is 5.32 Å². The van der Waals surface area contributed by atoms with Gasteiger partial charge in [0.25, 0.3) is 0 Å². The van der Waals surface area contributed by atoms with Gasteiger partial charge in [0.1, 0.15) is 0 Å². The first-order valence-corrected chi connectivity index (χ1v) is 7.24. The molecule has 16 heavy (non-hydrogen) atoms. The molecule has 3 unspecified atom stereocenters. The van der Waals surface area contributed by atoms with Crippen LogP contribution in [0, 0.1) is 17.3 Å². The zero-order valence-electron chi connectivity index (χ0n) is 11.6. The zero-order chi connectivity index (χ0) is 11.8. The summed E-state index contributed by atoms with van der Waals surface area (Å²) in [6.45, 7) is 9.64. The van der Waals surface area contributed by atoms with Crippen LogP contribution in [0.15, 0.2) is 0 Å². The maximum absolute atomic E-state index is 3.94. The van der Waals surface area contributed by atoms with E-state index in [9.17, 15) is 0 Å². The van der Waals surface area contributed by atoms with Crippen LogP contribution in [0.4, 0.5) is 0 Å². The van der Waals surface area contributed by atoms with Crippen LogP contribution in [-0.2, 0) is 0 Å². The van der Waals surface area contributed by atoms with Gasteiger partial charge in [-0.05, 0) is 49.9 Å². The van der Waals surface area contributed by atoms with E-state index in [2.05, 4.69) is 33.0 Å². The van der Waals surface area contributed by atoms with Gasteiger partial charge in [-0.25, -0.2) is 0 Å². The molecule has 1 heteroatoms. The van der Waals surface area contributed by atoms with Crippen molar-refractivity contribution in [1.29, 1.82) is 0 Å². The van der Waals surface area contributed by atoms with Crippen molar-refractivity contribution < 1.29 is 0 Å². The van der Waals surface area contributed by atoms with Crippen LogP contribution in [0.3, 0.4) is 0 Å². The van der Waals surface area contributed by atoms with Gasteiger partial charge in [-0.3, -0.25) is 0 Å². The summed E-state index contributed by atoms with van der Waals surface area (Å²) in [6.07, 6.45) is 8.62. The average Bonchev–Trinajstić information content (AvgIpc) is 2.99. The molecule has 0 saturated heterocycles. The molecule has 0 heterocycles. The van der Waals surface area contributed by atoms with Crippen LogP contribution in [0.1, 0.15) is 66.2 Å². The van der Waals surface area contributed by atoms with Crippen molar-refractivity contribution in [2.45, 2.75) is 78.3 Å². The first-order chi connectivity index (χ1) is 7.48. The van der Waals surface area contributed by atoms with Crippen molar-refractivity contribution in [3.05, 3.63) is 0 Å². The van der Waals surface area contributed by atoms with Gasteiger partial charge >= 0.3 is 0 Å². The molecule has 2 saturated carbocycles. The average molecular weight is 223 g/mol. The molecule has 2 aliphatic rings. The van der Waals surface area contributed by atoms with E-state index in [0.29, 0.717) is 5.41 Å². The van der Waals surface area contributed by atoms with E-state index in [1.54, 1.807) is 0 Å². The van der Waals surface area contributed by atoms with E-state index >= 15 is 0 Å². The lowest BCUT2D eigenvalue weighted by Crippen LogP contribution is -2.48. The molecule has 94 valence electrons. The van der Waals surface area contributed by atoms with Crippen LogP contribution >= 0.6 is 0 Å². The highest BCUT2D eigenvalue weighted by Crippen LogP contribution is 2.39. The second-order valence-electron chi connectivity index (χ2n) is 7.16. The Balaban J connectivity index is 1.93. The predicted molar refractivity (Wildman–Crippen MR) is 70.5 cm³/mol. The molecule has 2 aliphatic carbocycles. The Hall–Kier alpha value is -0.0400. The van der Waals surface area contributed by atoms with Gasteiger partial charge < -0.3 is 5.32 Å². The molecule has 0 radical (unpaired) electrons. The topological polar surface area (TPSA) is 12.0 Å². The Bertz CT molecular complexity index is 224. The third-order valence-electron chi connectivity index (χ3n) is 4.68. The minimum atomic E-state index is 0.474. The lowest BCUT2D eigenvalue weighted by molar-refractivity contribution is 0.122. The summed E-state index contributed by atoms with van der Waals surface area (Å²) in [6, 6.07) is 1.54. The Labute approximate surface area is 101 Å². The van der Waals surface area contributed by atoms with E-state index in [1.165, 1.54) is 38.5 Å². The molecule has 1 nitrogen and oxygen atoms in total. The Morgan fingerprint density at radius 1 is 1.00 bits per heavy atom. The monoisotopic (exact) mass is 223 g/mol. The summed E-state index contributed by atoms with van der Waals surface area (Å²) >= 11 is 0. The van der Waals surface area contributed by atoms with E-state index in [0.717, 1.165) is 23.9 Å². The molecule has 2 fully saturated rings. The van der Waals surface area contributed by atoms with E-state index < -0.39 is 0 Å². The van der Waals surface area contributed by atoms with Gasteiger partial charge in [-0.15, -0.1) is 0 Å². The third kappa shape index (κ3) is 3.00. The van der Waals surface area contributed by atoms with Gasteiger partial charge in [0.05, 0.1) is 0 Å². The Morgan fingerprint density at radius 2 is 1.62 bits per heavy atom. The molecule has 2 rings (SSSR count). The van der Waals surface area contributed by atoms with Crippen molar-refractivity contribution >= 4 is 0 Å². The van der Waals surface area contributed by atoms with Crippen molar-refractivity contribution in [3.8, 4) is 0 Å². The highest BCUT2D eigenvalue weighted by atomic mass is 15.0. The van der Waals surface area contributed by atoms with E-state index in [-0.39, 0.29) is 0 Å². The molecule has 0 aromatic heterocycles.